The lowest BCUT2D eigenvalue weighted by Crippen LogP contribution is -2.50. The molecule has 2 aliphatic carbocycles. The summed E-state index contributed by atoms with van der Waals surface area (Å²) < 4.78 is -1.91. The zero-order chi connectivity index (χ0) is 19.4. The van der Waals surface area contributed by atoms with E-state index in [1.54, 1.807) is 12.1 Å². The Hall–Kier alpha value is -0.160. The fourth-order valence-electron chi connectivity index (χ4n) is 4.33. The summed E-state index contributed by atoms with van der Waals surface area (Å²) in [6.07, 6.45) is 0. The van der Waals surface area contributed by atoms with E-state index in [4.69, 9.17) is 69.6 Å². The third kappa shape index (κ3) is 1.86. The van der Waals surface area contributed by atoms with E-state index < -0.39 is 37.7 Å². The molecule has 0 N–H and O–H groups in total. The van der Waals surface area contributed by atoms with Crippen LogP contribution in [0.15, 0.2) is 28.3 Å². The second-order valence-corrected chi connectivity index (χ2v) is 10.2. The first-order valence-electron chi connectivity index (χ1n) is 7.68. The lowest BCUT2D eigenvalue weighted by molar-refractivity contribution is -0.123. The van der Waals surface area contributed by atoms with E-state index in [-0.39, 0.29) is 10.1 Å². The quantitative estimate of drug-likeness (QED) is 0.412. The highest BCUT2D eigenvalue weighted by molar-refractivity contribution is 6.67. The monoisotopic (exact) mass is 471 g/mol. The molecule has 4 rings (SSSR count). The topological polar surface area (TPSA) is 37.4 Å². The average Bonchev–Trinajstić information content (AvgIpc) is 2.91. The third-order valence-electron chi connectivity index (χ3n) is 5.37. The van der Waals surface area contributed by atoms with Crippen LogP contribution in [0.2, 0.25) is 0 Å². The van der Waals surface area contributed by atoms with Crippen molar-refractivity contribution in [1.82, 2.24) is 0 Å². The van der Waals surface area contributed by atoms with Gasteiger partial charge in [-0.25, -0.2) is 4.90 Å². The molecule has 3 aliphatic rings. The normalized spacial score (nSPS) is 37.8. The number of rotatable bonds is 1. The number of carbonyl (C=O) groups is 2. The number of allylic oxidation sites excluding steroid dienone is 2. The Morgan fingerprint density at radius 2 is 1.19 bits per heavy atom. The lowest BCUT2D eigenvalue weighted by Gasteiger charge is -2.34. The predicted molar refractivity (Wildman–Crippen MR) is 106 cm³/mol. The highest BCUT2D eigenvalue weighted by Gasteiger charge is 2.87. The van der Waals surface area contributed by atoms with Crippen molar-refractivity contribution in [3.63, 3.8) is 0 Å². The minimum atomic E-state index is -1.91. The number of imide groups is 1. The molecular weight excluding hydrogens is 463 g/mol. The fourth-order valence-corrected chi connectivity index (χ4v) is 7.26. The molecule has 138 valence electrons. The molecule has 0 aromatic heterocycles. The van der Waals surface area contributed by atoms with Crippen LogP contribution in [0.25, 0.3) is 0 Å². The number of alkyl halides is 4. The first kappa shape index (κ1) is 19.2. The summed E-state index contributed by atoms with van der Waals surface area (Å²) in [6, 6.07) is 5.40. The van der Waals surface area contributed by atoms with Crippen LogP contribution >= 0.6 is 69.6 Å². The molecule has 0 radical (unpaired) electrons. The number of aryl methyl sites for hydroxylation is 2. The molecule has 1 aromatic carbocycles. The van der Waals surface area contributed by atoms with E-state index >= 15 is 0 Å². The van der Waals surface area contributed by atoms with Crippen LogP contribution in [-0.4, -0.2) is 25.9 Å². The Morgan fingerprint density at radius 3 is 1.58 bits per heavy atom. The summed E-state index contributed by atoms with van der Waals surface area (Å²) in [5, 5.41) is -0.184. The standard InChI is InChI=1S/C17H11Cl6NO2/c1-6-3-7(2)5-8(4-6)24-13(25)9-10(14(24)26)16(21)12(19)11(18)15(9,20)17(16,22)23/h3-5,9-10H,1-2H3. The molecule has 1 aromatic rings. The Labute approximate surface area is 180 Å². The van der Waals surface area contributed by atoms with Crippen molar-refractivity contribution in [3.05, 3.63) is 39.4 Å². The first-order valence-corrected chi connectivity index (χ1v) is 9.95. The van der Waals surface area contributed by atoms with Gasteiger partial charge in [0.1, 0.15) is 9.75 Å². The third-order valence-corrected chi connectivity index (χ3v) is 9.63. The summed E-state index contributed by atoms with van der Waals surface area (Å²) in [6.45, 7) is 3.74. The molecule has 1 heterocycles. The van der Waals surface area contributed by atoms with Gasteiger partial charge >= 0.3 is 0 Å². The van der Waals surface area contributed by atoms with Gasteiger partial charge in [0, 0.05) is 0 Å². The predicted octanol–water partition coefficient (Wildman–Crippen LogP) is 5.25. The SMILES string of the molecule is Cc1cc(C)cc(N2C(=O)C3C(C2=O)C2(Cl)C(Cl)=C(Cl)C3(Cl)C2(Cl)Cl)c1. The van der Waals surface area contributed by atoms with Crippen LogP contribution in [0.4, 0.5) is 5.69 Å². The number of hydrogen-bond donors (Lipinski definition) is 0. The molecule has 0 spiro atoms. The van der Waals surface area contributed by atoms with Gasteiger partial charge in [0.15, 0.2) is 4.33 Å². The number of fused-ring (bicyclic) bond motifs is 5. The van der Waals surface area contributed by atoms with Crippen LogP contribution in [0, 0.1) is 25.7 Å². The van der Waals surface area contributed by atoms with Crippen LogP contribution in [-0.2, 0) is 9.59 Å². The maximum atomic E-state index is 13.2. The minimum Gasteiger partial charge on any atom is -0.274 e. The highest BCUT2D eigenvalue weighted by atomic mass is 35.5. The van der Waals surface area contributed by atoms with Gasteiger partial charge in [-0.3, -0.25) is 9.59 Å². The van der Waals surface area contributed by atoms with Crippen molar-refractivity contribution >= 4 is 87.1 Å². The molecule has 1 saturated carbocycles. The molecular formula is C17H11Cl6NO2. The van der Waals surface area contributed by atoms with E-state index in [0.717, 1.165) is 16.0 Å². The molecule has 1 saturated heterocycles. The largest absolute Gasteiger partial charge is 0.274 e. The zero-order valence-corrected chi connectivity index (χ0v) is 18.0. The molecule has 3 nitrogen and oxygen atoms in total. The molecule has 2 amide bonds. The van der Waals surface area contributed by atoms with Gasteiger partial charge in [0.25, 0.3) is 0 Å². The van der Waals surface area contributed by atoms with E-state index in [9.17, 15) is 9.59 Å². The second-order valence-electron chi connectivity index (χ2n) is 6.94. The van der Waals surface area contributed by atoms with Gasteiger partial charge < -0.3 is 0 Å². The van der Waals surface area contributed by atoms with Crippen molar-refractivity contribution in [1.29, 1.82) is 0 Å². The summed E-state index contributed by atoms with van der Waals surface area (Å²) >= 11 is 38.8. The van der Waals surface area contributed by atoms with Crippen LogP contribution < -0.4 is 4.90 Å². The molecule has 2 bridgehead atoms. The van der Waals surface area contributed by atoms with Crippen molar-refractivity contribution < 1.29 is 9.59 Å². The zero-order valence-electron chi connectivity index (χ0n) is 13.4. The first-order chi connectivity index (χ1) is 11.9. The fraction of sp³-hybridized carbons (Fsp3) is 0.412. The number of benzene rings is 1. The maximum Gasteiger partial charge on any atom is 0.240 e. The van der Waals surface area contributed by atoms with Crippen molar-refractivity contribution in [2.75, 3.05) is 4.90 Å². The van der Waals surface area contributed by atoms with Crippen molar-refractivity contribution in [2.24, 2.45) is 11.8 Å². The van der Waals surface area contributed by atoms with Gasteiger partial charge in [0.2, 0.25) is 11.8 Å². The maximum absolute atomic E-state index is 13.2. The van der Waals surface area contributed by atoms with Crippen LogP contribution in [0.5, 0.6) is 0 Å². The molecule has 9 heteroatoms. The highest BCUT2D eigenvalue weighted by Crippen LogP contribution is 2.77. The summed E-state index contributed by atoms with van der Waals surface area (Å²) in [7, 11) is 0. The van der Waals surface area contributed by atoms with Gasteiger partial charge in [0.05, 0.1) is 27.6 Å². The van der Waals surface area contributed by atoms with Gasteiger partial charge in [-0.15, -0.1) is 23.2 Å². The summed E-state index contributed by atoms with van der Waals surface area (Å²) in [5.74, 6) is -3.31. The molecule has 1 aliphatic heterocycles. The Balaban J connectivity index is 1.92. The summed E-state index contributed by atoms with van der Waals surface area (Å²) in [4.78, 5) is 24.0. The number of anilines is 1. The number of amides is 2. The summed E-state index contributed by atoms with van der Waals surface area (Å²) in [5.41, 5.74) is 2.24. The number of nitrogens with zero attached hydrogens (tertiary/aromatic N) is 1. The van der Waals surface area contributed by atoms with Crippen molar-refractivity contribution in [2.45, 2.75) is 27.9 Å². The number of halogens is 6. The smallest absolute Gasteiger partial charge is 0.240 e. The van der Waals surface area contributed by atoms with E-state index in [1.807, 2.05) is 19.9 Å². The van der Waals surface area contributed by atoms with Crippen LogP contribution in [0.3, 0.4) is 0 Å². The molecule has 2 fully saturated rings. The van der Waals surface area contributed by atoms with E-state index in [1.165, 1.54) is 0 Å². The van der Waals surface area contributed by atoms with Gasteiger partial charge in [-0.2, -0.15) is 0 Å². The van der Waals surface area contributed by atoms with E-state index in [0.29, 0.717) is 5.69 Å². The van der Waals surface area contributed by atoms with Crippen molar-refractivity contribution in [3.8, 4) is 0 Å². The average molecular weight is 474 g/mol. The second kappa shape index (κ2) is 5.46. The lowest BCUT2D eigenvalue weighted by atomic mass is 9.84. The molecule has 4 atom stereocenters. The van der Waals surface area contributed by atoms with Gasteiger partial charge in [-0.05, 0) is 37.1 Å². The molecule has 4 unspecified atom stereocenters. The number of hydrogen-bond acceptors (Lipinski definition) is 2. The number of carbonyl (C=O) groups excluding carboxylic acids is 2. The Bertz CT molecular complexity index is 862. The minimum absolute atomic E-state index is 0.0921. The Morgan fingerprint density at radius 1 is 0.808 bits per heavy atom. The van der Waals surface area contributed by atoms with E-state index in [2.05, 4.69) is 0 Å². The van der Waals surface area contributed by atoms with Gasteiger partial charge in [-0.1, -0.05) is 52.5 Å². The Kier molecular flexibility index (Phi) is 4.03. The van der Waals surface area contributed by atoms with Crippen LogP contribution in [0.1, 0.15) is 11.1 Å². The molecule has 26 heavy (non-hydrogen) atoms.